The second-order valence-electron chi connectivity index (χ2n) is 5.39. The van der Waals surface area contributed by atoms with Crippen molar-refractivity contribution in [3.63, 3.8) is 0 Å². The molecule has 0 bridgehead atoms. The summed E-state index contributed by atoms with van der Waals surface area (Å²) in [6, 6.07) is 3.87. The Hall–Kier alpha value is -2.95. The molecule has 150 valence electrons. The highest BCUT2D eigenvalue weighted by molar-refractivity contribution is 6.29. The first-order chi connectivity index (χ1) is 13.1. The van der Waals surface area contributed by atoms with Crippen LogP contribution in [-0.2, 0) is 6.18 Å². The number of nitro groups is 1. The van der Waals surface area contributed by atoms with Gasteiger partial charge in [0.15, 0.2) is 0 Å². The maximum absolute atomic E-state index is 13.6. The third-order valence-electron chi connectivity index (χ3n) is 3.36. The van der Waals surface area contributed by atoms with Crippen molar-refractivity contribution in [3.8, 4) is 5.88 Å². The predicted octanol–water partition coefficient (Wildman–Crippen LogP) is 4.00. The van der Waals surface area contributed by atoms with Gasteiger partial charge in [-0.05, 0) is 18.6 Å². The molecule has 2 aromatic rings. The van der Waals surface area contributed by atoms with Crippen LogP contribution in [0.25, 0.3) is 0 Å². The van der Waals surface area contributed by atoms with Gasteiger partial charge < -0.3 is 10.1 Å². The van der Waals surface area contributed by atoms with E-state index < -0.39 is 39.6 Å². The average molecular weight is 422 g/mol. The van der Waals surface area contributed by atoms with Gasteiger partial charge >= 0.3 is 6.18 Å². The van der Waals surface area contributed by atoms with Gasteiger partial charge in [0.2, 0.25) is 5.88 Å². The van der Waals surface area contributed by atoms with E-state index in [9.17, 15) is 32.5 Å². The topological polar surface area (TPSA) is 94.4 Å². The number of nitrogens with one attached hydrogen (secondary N) is 1. The molecule has 0 radical (unpaired) electrons. The zero-order chi connectivity index (χ0) is 20.9. The summed E-state index contributed by atoms with van der Waals surface area (Å²) in [5.41, 5.74) is -1.96. The number of carbonyl (C=O) groups excluding carboxylic acids is 1. The number of aromatic nitrogens is 1. The number of benzene rings is 1. The van der Waals surface area contributed by atoms with Crippen LogP contribution in [0.5, 0.6) is 5.88 Å². The van der Waals surface area contributed by atoms with Gasteiger partial charge in [-0.15, -0.1) is 0 Å². The normalized spacial score (nSPS) is 11.2. The minimum atomic E-state index is -4.61. The number of nitrogens with zero attached hydrogens (tertiary/aromatic N) is 2. The van der Waals surface area contributed by atoms with E-state index in [0.29, 0.717) is 12.1 Å². The lowest BCUT2D eigenvalue weighted by Gasteiger charge is -2.10. The molecule has 2 rings (SSSR count). The first kappa shape index (κ1) is 21.4. The molecule has 12 heteroatoms. The molecule has 28 heavy (non-hydrogen) atoms. The van der Waals surface area contributed by atoms with Crippen molar-refractivity contribution >= 4 is 23.2 Å². The summed E-state index contributed by atoms with van der Waals surface area (Å²) in [6.07, 6.45) is -4.46. The first-order valence-corrected chi connectivity index (χ1v) is 8.05. The Morgan fingerprint density at radius 3 is 2.64 bits per heavy atom. The highest BCUT2D eigenvalue weighted by atomic mass is 35.5. The molecule has 1 aromatic carbocycles. The molecule has 0 unspecified atom stereocenters. The molecule has 0 aliphatic rings. The Labute approximate surface area is 160 Å². The summed E-state index contributed by atoms with van der Waals surface area (Å²) in [5, 5.41) is 12.6. The lowest BCUT2D eigenvalue weighted by atomic mass is 10.1. The molecule has 1 aromatic heterocycles. The smallest absolute Gasteiger partial charge is 0.416 e. The number of hydrogen-bond donors (Lipinski definition) is 1. The first-order valence-electron chi connectivity index (χ1n) is 7.67. The monoisotopic (exact) mass is 421 g/mol. The minimum Gasteiger partial charge on any atom is -0.478 e. The summed E-state index contributed by atoms with van der Waals surface area (Å²) in [5.74, 6) is -2.14. The molecule has 0 spiro atoms. The number of amides is 1. The fourth-order valence-electron chi connectivity index (χ4n) is 2.06. The van der Waals surface area contributed by atoms with Gasteiger partial charge in [-0.2, -0.15) is 13.2 Å². The lowest BCUT2D eigenvalue weighted by molar-refractivity contribution is -0.384. The Balaban J connectivity index is 1.87. The maximum atomic E-state index is 13.6. The van der Waals surface area contributed by atoms with Crippen LogP contribution >= 0.6 is 11.6 Å². The molecule has 0 aliphatic heterocycles. The van der Waals surface area contributed by atoms with E-state index in [4.69, 9.17) is 16.3 Å². The van der Waals surface area contributed by atoms with Crippen LogP contribution in [0.4, 0.5) is 23.2 Å². The Morgan fingerprint density at radius 2 is 2.00 bits per heavy atom. The molecule has 1 N–H and O–H groups in total. The van der Waals surface area contributed by atoms with Crippen LogP contribution in [0.3, 0.4) is 0 Å². The van der Waals surface area contributed by atoms with Crippen molar-refractivity contribution in [3.05, 3.63) is 62.5 Å². The number of non-ortho nitro benzene ring substituents is 1. The van der Waals surface area contributed by atoms with E-state index in [1.807, 2.05) is 0 Å². The Bertz CT molecular complexity index is 893. The number of carbonyl (C=O) groups is 1. The van der Waals surface area contributed by atoms with Gasteiger partial charge in [0.25, 0.3) is 11.6 Å². The van der Waals surface area contributed by atoms with Crippen LogP contribution < -0.4 is 10.1 Å². The highest BCUT2D eigenvalue weighted by Crippen LogP contribution is 2.32. The molecule has 1 amide bonds. The molecular formula is C16H12ClF4N3O4. The van der Waals surface area contributed by atoms with Gasteiger partial charge in [-0.3, -0.25) is 14.9 Å². The second-order valence-corrected chi connectivity index (χ2v) is 5.78. The van der Waals surface area contributed by atoms with Crippen LogP contribution in [0.15, 0.2) is 30.3 Å². The van der Waals surface area contributed by atoms with Crippen molar-refractivity contribution in [2.75, 3.05) is 13.2 Å². The van der Waals surface area contributed by atoms with Crippen molar-refractivity contribution in [1.82, 2.24) is 10.3 Å². The van der Waals surface area contributed by atoms with Gasteiger partial charge in [0.05, 0.1) is 22.7 Å². The van der Waals surface area contributed by atoms with Crippen LogP contribution in [0.2, 0.25) is 5.15 Å². The number of halogens is 5. The van der Waals surface area contributed by atoms with Crippen molar-refractivity contribution < 1.29 is 32.0 Å². The molecule has 0 saturated heterocycles. The van der Waals surface area contributed by atoms with Gasteiger partial charge in [0.1, 0.15) is 11.0 Å². The van der Waals surface area contributed by atoms with Crippen molar-refractivity contribution in [2.24, 2.45) is 0 Å². The molecule has 0 saturated carbocycles. The highest BCUT2D eigenvalue weighted by Gasteiger charge is 2.31. The molecule has 0 atom stereocenters. The number of hydrogen-bond acceptors (Lipinski definition) is 5. The van der Waals surface area contributed by atoms with E-state index in [0.717, 1.165) is 18.2 Å². The Morgan fingerprint density at radius 1 is 1.29 bits per heavy atom. The van der Waals surface area contributed by atoms with E-state index in [1.54, 1.807) is 0 Å². The molecule has 0 aliphatic carbocycles. The van der Waals surface area contributed by atoms with Crippen molar-refractivity contribution in [1.29, 1.82) is 0 Å². The SMILES string of the molecule is O=C(NCCCOc1cc(C(F)(F)F)cc(Cl)n1)c1cc([N+](=O)[O-])ccc1F. The number of rotatable bonds is 7. The standard InChI is InChI=1S/C16H12ClF4N3O4/c17-13-6-9(16(19,20)21)7-14(23-13)28-5-1-4-22-15(25)11-8-10(24(26)27)2-3-12(11)18/h2-3,6-8H,1,4-5H2,(H,22,25). The number of nitro benzene ring substituents is 1. The third kappa shape index (κ3) is 5.78. The average Bonchev–Trinajstić information content (AvgIpc) is 2.60. The quantitative estimate of drug-likeness (QED) is 0.240. The van der Waals surface area contributed by atoms with E-state index in [2.05, 4.69) is 10.3 Å². The predicted molar refractivity (Wildman–Crippen MR) is 89.7 cm³/mol. The number of alkyl halides is 3. The van der Waals surface area contributed by atoms with Crippen LogP contribution in [-0.4, -0.2) is 29.0 Å². The fourth-order valence-corrected chi connectivity index (χ4v) is 2.26. The third-order valence-corrected chi connectivity index (χ3v) is 3.55. The van der Waals surface area contributed by atoms with Crippen LogP contribution in [0.1, 0.15) is 22.3 Å². The summed E-state index contributed by atoms with van der Waals surface area (Å²) < 4.78 is 56.8. The van der Waals surface area contributed by atoms with Gasteiger partial charge in [-0.25, -0.2) is 9.37 Å². The molecule has 0 fully saturated rings. The fraction of sp³-hybridized carbons (Fsp3) is 0.250. The number of pyridine rings is 1. The molecule has 7 nitrogen and oxygen atoms in total. The summed E-state index contributed by atoms with van der Waals surface area (Å²) in [4.78, 5) is 25.4. The summed E-state index contributed by atoms with van der Waals surface area (Å²) in [6.45, 7) is -0.129. The molecular weight excluding hydrogens is 410 g/mol. The maximum Gasteiger partial charge on any atom is 0.416 e. The summed E-state index contributed by atoms with van der Waals surface area (Å²) in [7, 11) is 0. The summed E-state index contributed by atoms with van der Waals surface area (Å²) >= 11 is 5.52. The van der Waals surface area contributed by atoms with Crippen LogP contribution in [0, 0.1) is 15.9 Å². The second kappa shape index (κ2) is 8.83. The Kier molecular flexibility index (Phi) is 6.73. The van der Waals surface area contributed by atoms with Gasteiger partial charge in [0, 0.05) is 24.7 Å². The zero-order valence-electron chi connectivity index (χ0n) is 13.9. The number of ether oxygens (including phenoxy) is 1. The molecule has 1 heterocycles. The lowest BCUT2D eigenvalue weighted by Crippen LogP contribution is -2.26. The van der Waals surface area contributed by atoms with E-state index in [1.165, 1.54) is 0 Å². The largest absolute Gasteiger partial charge is 0.478 e. The van der Waals surface area contributed by atoms with E-state index >= 15 is 0 Å². The zero-order valence-corrected chi connectivity index (χ0v) is 14.7. The van der Waals surface area contributed by atoms with Gasteiger partial charge in [-0.1, -0.05) is 11.6 Å². The minimum absolute atomic E-state index is 0.0202. The van der Waals surface area contributed by atoms with Crippen molar-refractivity contribution in [2.45, 2.75) is 12.6 Å². The van der Waals surface area contributed by atoms with E-state index in [-0.39, 0.29) is 30.6 Å².